The molecule has 142 valence electrons. The number of nitrogens with one attached hydrogen (secondary N) is 2. The number of carbonyl (C=O) groups excluding carboxylic acids is 2. The molecule has 1 heterocycles. The van der Waals surface area contributed by atoms with Crippen molar-refractivity contribution in [3.05, 3.63) is 89.2 Å². The molecular weight excluding hydrogens is 354 g/mol. The summed E-state index contributed by atoms with van der Waals surface area (Å²) in [5, 5.41) is 5.60. The minimum Gasteiger partial charge on any atom is -0.497 e. The van der Waals surface area contributed by atoms with Gasteiger partial charge in [-0.1, -0.05) is 29.8 Å². The van der Waals surface area contributed by atoms with E-state index in [9.17, 15) is 9.59 Å². The third-order valence-corrected chi connectivity index (χ3v) is 4.18. The zero-order valence-corrected chi connectivity index (χ0v) is 15.7. The van der Waals surface area contributed by atoms with E-state index in [-0.39, 0.29) is 17.5 Å². The van der Waals surface area contributed by atoms with Crippen LogP contribution in [0.25, 0.3) is 0 Å². The number of carbonyl (C=O) groups is 2. The van der Waals surface area contributed by atoms with Crippen molar-refractivity contribution in [3.63, 3.8) is 0 Å². The minimum atomic E-state index is -0.334. The van der Waals surface area contributed by atoms with Gasteiger partial charge in [-0.25, -0.2) is 0 Å². The number of rotatable bonds is 6. The number of hydrogen-bond acceptors (Lipinski definition) is 4. The number of pyridine rings is 1. The van der Waals surface area contributed by atoms with Crippen LogP contribution < -0.4 is 15.4 Å². The second-order valence-electron chi connectivity index (χ2n) is 6.28. The van der Waals surface area contributed by atoms with Gasteiger partial charge in [-0.3, -0.25) is 14.6 Å². The van der Waals surface area contributed by atoms with Gasteiger partial charge in [0.25, 0.3) is 11.8 Å². The fraction of sp³-hybridized carbons (Fsp3) is 0.136. The lowest BCUT2D eigenvalue weighted by molar-refractivity contribution is 0.0946. The Morgan fingerprint density at radius 1 is 0.964 bits per heavy atom. The number of benzene rings is 2. The Morgan fingerprint density at radius 3 is 2.36 bits per heavy atom. The number of nitrogens with zero attached hydrogens (tertiary/aromatic N) is 1. The summed E-state index contributed by atoms with van der Waals surface area (Å²) in [6.45, 7) is 2.40. The largest absolute Gasteiger partial charge is 0.497 e. The Kier molecular flexibility index (Phi) is 6.01. The molecule has 0 aliphatic carbocycles. The summed E-state index contributed by atoms with van der Waals surface area (Å²) in [4.78, 5) is 28.9. The van der Waals surface area contributed by atoms with E-state index in [1.54, 1.807) is 37.4 Å². The second kappa shape index (κ2) is 8.81. The van der Waals surface area contributed by atoms with Gasteiger partial charge in [-0.2, -0.15) is 0 Å². The molecule has 0 atom stereocenters. The monoisotopic (exact) mass is 375 g/mol. The molecule has 0 unspecified atom stereocenters. The SMILES string of the molecule is COc1ccc(NC(=O)c2ccnc(C(=O)NCc3ccc(C)cc3)c2)cc1. The molecule has 2 aromatic carbocycles. The van der Waals surface area contributed by atoms with Crippen LogP contribution in [0.2, 0.25) is 0 Å². The van der Waals surface area contributed by atoms with Gasteiger partial charge in [-0.05, 0) is 48.9 Å². The van der Waals surface area contributed by atoms with Gasteiger partial charge < -0.3 is 15.4 Å². The average Bonchev–Trinajstić information content (AvgIpc) is 2.73. The van der Waals surface area contributed by atoms with Crippen LogP contribution in [0.5, 0.6) is 5.75 Å². The van der Waals surface area contributed by atoms with Crippen molar-refractivity contribution in [2.45, 2.75) is 13.5 Å². The number of aromatic nitrogens is 1. The van der Waals surface area contributed by atoms with Gasteiger partial charge in [0.15, 0.2) is 0 Å². The van der Waals surface area contributed by atoms with Crippen LogP contribution >= 0.6 is 0 Å². The van der Waals surface area contributed by atoms with Crippen LogP contribution in [0, 0.1) is 6.92 Å². The third-order valence-electron chi connectivity index (χ3n) is 4.18. The summed E-state index contributed by atoms with van der Waals surface area (Å²) in [7, 11) is 1.58. The van der Waals surface area contributed by atoms with Crippen LogP contribution in [0.4, 0.5) is 5.69 Å². The van der Waals surface area contributed by atoms with Gasteiger partial charge in [-0.15, -0.1) is 0 Å². The molecule has 6 heteroatoms. The van der Waals surface area contributed by atoms with Gasteiger partial charge in [0, 0.05) is 24.0 Å². The van der Waals surface area contributed by atoms with Crippen molar-refractivity contribution in [3.8, 4) is 5.75 Å². The lowest BCUT2D eigenvalue weighted by atomic mass is 10.1. The summed E-state index contributed by atoms with van der Waals surface area (Å²) >= 11 is 0. The molecular formula is C22H21N3O3. The smallest absolute Gasteiger partial charge is 0.270 e. The molecule has 0 spiro atoms. The van der Waals surface area contributed by atoms with E-state index in [4.69, 9.17) is 4.74 Å². The maximum atomic E-state index is 12.5. The summed E-state index contributed by atoms with van der Waals surface area (Å²) < 4.78 is 5.10. The molecule has 0 radical (unpaired) electrons. The Hall–Kier alpha value is -3.67. The van der Waals surface area contributed by atoms with E-state index < -0.39 is 0 Å². The van der Waals surface area contributed by atoms with Crippen molar-refractivity contribution >= 4 is 17.5 Å². The van der Waals surface area contributed by atoms with E-state index >= 15 is 0 Å². The highest BCUT2D eigenvalue weighted by Crippen LogP contribution is 2.16. The zero-order valence-electron chi connectivity index (χ0n) is 15.7. The predicted molar refractivity (Wildman–Crippen MR) is 108 cm³/mol. The molecule has 0 bridgehead atoms. The van der Waals surface area contributed by atoms with Gasteiger partial charge in [0.05, 0.1) is 7.11 Å². The first-order valence-electron chi connectivity index (χ1n) is 8.80. The molecule has 28 heavy (non-hydrogen) atoms. The summed E-state index contributed by atoms with van der Waals surface area (Å²) in [5.41, 5.74) is 3.33. The fourth-order valence-corrected chi connectivity index (χ4v) is 2.55. The molecule has 0 fully saturated rings. The van der Waals surface area contributed by atoms with Gasteiger partial charge >= 0.3 is 0 Å². The molecule has 2 amide bonds. The summed E-state index contributed by atoms with van der Waals surface area (Å²) in [6.07, 6.45) is 1.45. The molecule has 2 N–H and O–H groups in total. The van der Waals surface area contributed by atoms with E-state index in [0.717, 1.165) is 11.1 Å². The van der Waals surface area contributed by atoms with Crippen LogP contribution in [0.1, 0.15) is 32.0 Å². The first-order valence-corrected chi connectivity index (χ1v) is 8.80. The summed E-state index contributed by atoms with van der Waals surface area (Å²) in [5.74, 6) is 0.0502. The van der Waals surface area contributed by atoms with Crippen molar-refractivity contribution in [1.82, 2.24) is 10.3 Å². The number of amides is 2. The first-order chi connectivity index (χ1) is 13.5. The van der Waals surface area contributed by atoms with Crippen molar-refractivity contribution in [1.29, 1.82) is 0 Å². The van der Waals surface area contributed by atoms with Crippen molar-refractivity contribution < 1.29 is 14.3 Å². The topological polar surface area (TPSA) is 80.3 Å². The number of methoxy groups -OCH3 is 1. The Morgan fingerprint density at radius 2 is 1.68 bits per heavy atom. The lowest BCUT2D eigenvalue weighted by Crippen LogP contribution is -2.24. The standard InChI is InChI=1S/C22H21N3O3/c1-15-3-5-16(6-4-15)14-24-22(27)20-13-17(11-12-23-20)21(26)25-18-7-9-19(28-2)10-8-18/h3-13H,14H2,1-2H3,(H,24,27)(H,25,26). The van der Waals surface area contributed by atoms with Gasteiger partial charge in [0.2, 0.25) is 0 Å². The molecule has 1 aromatic heterocycles. The predicted octanol–water partition coefficient (Wildman–Crippen LogP) is 3.58. The van der Waals surface area contributed by atoms with Crippen LogP contribution in [0.3, 0.4) is 0 Å². The Balaban J connectivity index is 1.64. The van der Waals surface area contributed by atoms with E-state index in [1.807, 2.05) is 31.2 Å². The van der Waals surface area contributed by atoms with E-state index in [1.165, 1.54) is 12.3 Å². The fourth-order valence-electron chi connectivity index (χ4n) is 2.55. The van der Waals surface area contributed by atoms with Crippen molar-refractivity contribution in [2.75, 3.05) is 12.4 Å². The molecule has 0 aliphatic rings. The number of hydrogen-bond donors (Lipinski definition) is 2. The third kappa shape index (κ3) is 4.94. The number of ether oxygens (including phenoxy) is 1. The summed E-state index contributed by atoms with van der Waals surface area (Å²) in [6, 6.07) is 17.9. The Labute approximate surface area is 163 Å². The van der Waals surface area contributed by atoms with Gasteiger partial charge in [0.1, 0.15) is 11.4 Å². The maximum Gasteiger partial charge on any atom is 0.270 e. The quantitative estimate of drug-likeness (QED) is 0.690. The molecule has 3 rings (SSSR count). The molecule has 0 saturated carbocycles. The normalized spacial score (nSPS) is 10.2. The highest BCUT2D eigenvalue weighted by molar-refractivity contribution is 6.05. The second-order valence-corrected chi connectivity index (χ2v) is 6.28. The zero-order chi connectivity index (χ0) is 19.9. The molecule has 0 saturated heterocycles. The first kappa shape index (κ1) is 19.1. The Bertz CT molecular complexity index is 967. The van der Waals surface area contributed by atoms with E-state index in [2.05, 4.69) is 15.6 Å². The molecule has 3 aromatic rings. The minimum absolute atomic E-state index is 0.189. The lowest BCUT2D eigenvalue weighted by Gasteiger charge is -2.08. The highest BCUT2D eigenvalue weighted by atomic mass is 16.5. The molecule has 0 aliphatic heterocycles. The van der Waals surface area contributed by atoms with Crippen LogP contribution in [-0.4, -0.2) is 23.9 Å². The number of aryl methyl sites for hydroxylation is 1. The number of anilines is 1. The van der Waals surface area contributed by atoms with Crippen LogP contribution in [0.15, 0.2) is 66.9 Å². The maximum absolute atomic E-state index is 12.5. The van der Waals surface area contributed by atoms with E-state index in [0.29, 0.717) is 23.5 Å². The average molecular weight is 375 g/mol. The van der Waals surface area contributed by atoms with Crippen LogP contribution in [-0.2, 0) is 6.54 Å². The highest BCUT2D eigenvalue weighted by Gasteiger charge is 2.12. The molecule has 6 nitrogen and oxygen atoms in total. The van der Waals surface area contributed by atoms with Crippen molar-refractivity contribution in [2.24, 2.45) is 0 Å².